The third kappa shape index (κ3) is 6.87. The first-order valence-electron chi connectivity index (χ1n) is 27.3. The van der Waals surface area contributed by atoms with E-state index in [1.807, 2.05) is 0 Å². The Bertz CT molecular complexity index is 3770. The summed E-state index contributed by atoms with van der Waals surface area (Å²) in [6.07, 6.45) is 4.80. The van der Waals surface area contributed by atoms with Gasteiger partial charge in [0.25, 0.3) is 6.71 Å². The number of aryl methyl sites for hydroxylation is 1. The van der Waals surface area contributed by atoms with Gasteiger partial charge in [-0.3, -0.25) is 0 Å². The van der Waals surface area contributed by atoms with E-state index in [-0.39, 0.29) is 33.9 Å². The van der Waals surface area contributed by atoms with Crippen LogP contribution in [0.25, 0.3) is 33.1 Å². The zero-order chi connectivity index (χ0) is 51.4. The van der Waals surface area contributed by atoms with Gasteiger partial charge in [-0.2, -0.15) is 0 Å². The van der Waals surface area contributed by atoms with E-state index in [2.05, 4.69) is 256 Å². The minimum atomic E-state index is -0.106. The van der Waals surface area contributed by atoms with Crippen molar-refractivity contribution in [2.24, 2.45) is 0 Å². The van der Waals surface area contributed by atoms with Crippen LogP contribution in [0.2, 0.25) is 0 Å². The average molecular weight is 968 g/mol. The van der Waals surface area contributed by atoms with E-state index in [1.54, 1.807) is 0 Å². The van der Waals surface area contributed by atoms with Crippen LogP contribution in [-0.4, -0.2) is 12.3 Å². The summed E-state index contributed by atoms with van der Waals surface area (Å²) in [5.41, 5.74) is 24.6. The Kier molecular flexibility index (Phi) is 10.1. The number of para-hydroxylation sites is 1. The molecule has 74 heavy (non-hydrogen) atoms. The van der Waals surface area contributed by atoms with Crippen molar-refractivity contribution in [3.8, 4) is 11.1 Å². The minimum Gasteiger partial charge on any atom is -0.456 e. The summed E-state index contributed by atoms with van der Waals surface area (Å²) in [6.45, 7) is 28.5. The third-order valence-electron chi connectivity index (χ3n) is 18.1. The van der Waals surface area contributed by atoms with E-state index in [0.29, 0.717) is 0 Å². The maximum absolute atomic E-state index is 6.73. The lowest BCUT2D eigenvalue weighted by Gasteiger charge is -2.50. The smallest absolute Gasteiger partial charge is 0.252 e. The van der Waals surface area contributed by atoms with Gasteiger partial charge < -0.3 is 19.1 Å². The number of benzene rings is 8. The fourth-order valence-electron chi connectivity index (χ4n) is 13.8. The van der Waals surface area contributed by atoms with Crippen molar-refractivity contribution < 1.29 is 4.42 Å². The normalized spacial score (nSPS) is 19.1. The summed E-state index contributed by atoms with van der Waals surface area (Å²) >= 11 is 0. The highest BCUT2D eigenvalue weighted by molar-refractivity contribution is 7.00. The highest BCUT2D eigenvalue weighted by Gasteiger charge is 2.58. The Morgan fingerprint density at radius 2 is 1.08 bits per heavy atom. The molecule has 4 heterocycles. The van der Waals surface area contributed by atoms with Gasteiger partial charge in [-0.25, -0.2) is 0 Å². The van der Waals surface area contributed by atoms with Crippen LogP contribution < -0.4 is 31.1 Å². The van der Waals surface area contributed by atoms with Crippen molar-refractivity contribution in [1.29, 1.82) is 0 Å². The standard InChI is InChI=1S/C69H70BN3O/c1-43-36-60-64-61(37-43)72(56-31-24-45(65(2,3)4)38-52(56)44-20-14-13-15-21-44)58-33-26-47(67(8,9)10)40-55(58)70(64)54-30-28-49(41-59(54)71(60)48-27-29-51-50-22-16-17-23-62(50)74-63(51)42-48)73-57-32-25-46(66(5,6)7)39-53(57)68(11)34-18-19-35-69(68,73)12/h13-17,20-33,36-42H,18-19,34-35H2,1-12H3. The summed E-state index contributed by atoms with van der Waals surface area (Å²) in [4.78, 5) is 7.97. The molecule has 8 aromatic carbocycles. The molecule has 0 radical (unpaired) electrons. The number of anilines is 8. The Hall–Kier alpha value is -6.98. The fraction of sp³-hybridized carbons (Fsp3) is 0.304. The molecule has 1 fully saturated rings. The molecule has 0 N–H and O–H groups in total. The molecule has 4 nitrogen and oxygen atoms in total. The van der Waals surface area contributed by atoms with E-state index >= 15 is 0 Å². The first-order chi connectivity index (χ1) is 35.2. The monoisotopic (exact) mass is 968 g/mol. The van der Waals surface area contributed by atoms with Crippen LogP contribution >= 0.6 is 0 Å². The number of rotatable bonds is 4. The molecule has 0 spiro atoms. The molecule has 2 unspecified atom stereocenters. The maximum atomic E-state index is 6.73. The summed E-state index contributed by atoms with van der Waals surface area (Å²) in [5, 5.41) is 2.28. The number of furan rings is 1. The van der Waals surface area contributed by atoms with Gasteiger partial charge in [0.05, 0.1) is 11.2 Å². The predicted octanol–water partition coefficient (Wildman–Crippen LogP) is 17.3. The van der Waals surface area contributed by atoms with Gasteiger partial charge in [-0.15, -0.1) is 0 Å². The average Bonchev–Trinajstić information content (AvgIpc) is 3.88. The van der Waals surface area contributed by atoms with Crippen LogP contribution in [0.3, 0.4) is 0 Å². The lowest BCUT2D eigenvalue weighted by Crippen LogP contribution is -2.61. The number of hydrogen-bond acceptors (Lipinski definition) is 4. The van der Waals surface area contributed by atoms with Gasteiger partial charge in [0, 0.05) is 67.6 Å². The lowest BCUT2D eigenvalue weighted by molar-refractivity contribution is 0.195. The second-order valence-corrected chi connectivity index (χ2v) is 25.8. The molecular weight excluding hydrogens is 898 g/mol. The van der Waals surface area contributed by atoms with E-state index in [4.69, 9.17) is 4.42 Å². The highest BCUT2D eigenvalue weighted by atomic mass is 16.3. The Balaban J connectivity index is 1.10. The third-order valence-corrected chi connectivity index (χ3v) is 18.1. The topological polar surface area (TPSA) is 22.9 Å². The van der Waals surface area contributed by atoms with Crippen molar-refractivity contribution in [3.63, 3.8) is 0 Å². The zero-order valence-electron chi connectivity index (χ0n) is 45.7. The molecule has 0 amide bonds. The van der Waals surface area contributed by atoms with Gasteiger partial charge in [0.2, 0.25) is 0 Å². The van der Waals surface area contributed by atoms with Crippen LogP contribution in [0, 0.1) is 6.92 Å². The molecule has 0 saturated heterocycles. The molecule has 13 rings (SSSR count). The maximum Gasteiger partial charge on any atom is 0.252 e. The number of fused-ring (bicyclic) bond motifs is 10. The van der Waals surface area contributed by atoms with E-state index < -0.39 is 0 Å². The van der Waals surface area contributed by atoms with Crippen molar-refractivity contribution in [2.75, 3.05) is 14.7 Å². The number of nitrogens with zero attached hydrogens (tertiary/aromatic N) is 3. The summed E-state index contributed by atoms with van der Waals surface area (Å²) in [7, 11) is 0. The fourth-order valence-corrected chi connectivity index (χ4v) is 13.8. The second kappa shape index (κ2) is 16.0. The molecule has 3 aliphatic heterocycles. The Labute approximate surface area is 440 Å². The summed E-state index contributed by atoms with van der Waals surface area (Å²) in [6, 6.07) is 60.9. The first-order valence-corrected chi connectivity index (χ1v) is 27.3. The molecule has 1 saturated carbocycles. The van der Waals surface area contributed by atoms with Gasteiger partial charge in [0.1, 0.15) is 11.2 Å². The van der Waals surface area contributed by atoms with E-state index in [0.717, 1.165) is 34.0 Å². The van der Waals surface area contributed by atoms with Crippen LogP contribution in [0.1, 0.15) is 130 Å². The van der Waals surface area contributed by atoms with Crippen molar-refractivity contribution in [3.05, 3.63) is 186 Å². The summed E-state index contributed by atoms with van der Waals surface area (Å²) < 4.78 is 6.73. The Morgan fingerprint density at radius 3 is 1.81 bits per heavy atom. The molecule has 370 valence electrons. The molecular formula is C69H70BN3O. The second-order valence-electron chi connectivity index (χ2n) is 25.8. The molecule has 2 atom stereocenters. The number of hydrogen-bond donors (Lipinski definition) is 0. The quantitative estimate of drug-likeness (QED) is 0.164. The van der Waals surface area contributed by atoms with Crippen molar-refractivity contribution in [1.82, 2.24) is 0 Å². The molecule has 9 aromatic rings. The van der Waals surface area contributed by atoms with Gasteiger partial charge in [-0.1, -0.05) is 167 Å². The summed E-state index contributed by atoms with van der Waals surface area (Å²) in [5.74, 6) is 0. The molecule has 1 aromatic heterocycles. The van der Waals surface area contributed by atoms with Gasteiger partial charge in [0.15, 0.2) is 0 Å². The van der Waals surface area contributed by atoms with Crippen LogP contribution in [-0.2, 0) is 21.7 Å². The van der Waals surface area contributed by atoms with Crippen molar-refractivity contribution >= 4 is 90.5 Å². The van der Waals surface area contributed by atoms with Crippen LogP contribution in [0.4, 0.5) is 45.5 Å². The van der Waals surface area contributed by atoms with E-state index in [1.165, 1.54) is 114 Å². The van der Waals surface area contributed by atoms with Gasteiger partial charge in [-0.05, 0) is 159 Å². The van der Waals surface area contributed by atoms with Gasteiger partial charge >= 0.3 is 0 Å². The Morgan fingerprint density at radius 1 is 0.473 bits per heavy atom. The zero-order valence-corrected chi connectivity index (χ0v) is 45.7. The SMILES string of the molecule is Cc1cc2c3c(c1)N(c1ccc(C(C)(C)C)cc1-c1ccccc1)c1ccc(C(C)(C)C)cc1B3c1ccc(N3c4ccc(C(C)(C)C)cc4C4(C)CCCCC34C)cc1N2c1ccc2c(c1)oc1ccccc12. The minimum absolute atomic E-state index is 0.00118. The van der Waals surface area contributed by atoms with Crippen LogP contribution in [0.5, 0.6) is 0 Å². The molecule has 1 aliphatic carbocycles. The van der Waals surface area contributed by atoms with E-state index in [9.17, 15) is 0 Å². The van der Waals surface area contributed by atoms with Crippen molar-refractivity contribution in [2.45, 2.75) is 136 Å². The molecule has 5 heteroatoms. The molecule has 0 bridgehead atoms. The molecule has 4 aliphatic rings. The largest absolute Gasteiger partial charge is 0.456 e. The first kappa shape index (κ1) is 46.8. The predicted molar refractivity (Wildman–Crippen MR) is 317 cm³/mol. The van der Waals surface area contributed by atoms with Crippen LogP contribution in [0.15, 0.2) is 162 Å². The highest BCUT2D eigenvalue weighted by Crippen LogP contribution is 2.62. The lowest BCUT2D eigenvalue weighted by atomic mass is 9.33.